The number of carbonyl (C=O) groups is 1. The predicted octanol–water partition coefficient (Wildman–Crippen LogP) is 0.972. The monoisotopic (exact) mass is 199 g/mol. The zero-order valence-electron chi connectivity index (χ0n) is 6.93. The average Bonchev–Trinajstić information content (AvgIpc) is 2.03. The fourth-order valence-electron chi connectivity index (χ4n) is 0.856. The largest absolute Gasteiger partial charge is 0.550 e. The molecular weight excluding hydrogens is 191 g/mol. The van der Waals surface area contributed by atoms with Crippen molar-refractivity contribution >= 4 is 19.3 Å². The molecule has 68 valence electrons. The highest BCUT2D eigenvalue weighted by molar-refractivity contribution is 7.47. The molecule has 1 aromatic carbocycles. The fourth-order valence-corrected chi connectivity index (χ4v) is 1.38. The Bertz CT molecular complexity index is 348. The van der Waals surface area contributed by atoms with Gasteiger partial charge in [-0.15, -0.1) is 0 Å². The van der Waals surface area contributed by atoms with Gasteiger partial charge in [-0.1, -0.05) is 12.1 Å². The van der Waals surface area contributed by atoms with E-state index in [2.05, 4.69) is 0 Å². The quantitative estimate of drug-likeness (QED) is 0.438. The molecule has 0 bridgehead atoms. The van der Waals surface area contributed by atoms with Gasteiger partial charge in [0.2, 0.25) is 0 Å². The maximum Gasteiger partial charge on any atom is 0.550 e. The highest BCUT2D eigenvalue weighted by Gasteiger charge is 2.22. The third-order valence-corrected chi connectivity index (χ3v) is 2.11. The van der Waals surface area contributed by atoms with Gasteiger partial charge in [0.1, 0.15) is 0 Å². The van der Waals surface area contributed by atoms with Crippen LogP contribution in [0, 0.1) is 0 Å². The zero-order chi connectivity index (χ0) is 9.84. The lowest BCUT2D eigenvalue weighted by Gasteiger charge is -1.98. The van der Waals surface area contributed by atoms with Crippen LogP contribution in [-0.2, 0) is 9.36 Å². The number of hydrogen-bond acceptors (Lipinski definition) is 3. The van der Waals surface area contributed by atoms with Crippen molar-refractivity contribution in [3.63, 3.8) is 0 Å². The first-order valence-electron chi connectivity index (χ1n) is 3.55. The number of rotatable bonds is 2. The van der Waals surface area contributed by atoms with E-state index in [1.54, 1.807) is 12.1 Å². The lowest BCUT2D eigenvalue weighted by molar-refractivity contribution is -0.131. The zero-order valence-corrected chi connectivity index (χ0v) is 7.82. The lowest BCUT2D eigenvalue weighted by atomic mass is 10.3. The minimum absolute atomic E-state index is 0.132. The van der Waals surface area contributed by atoms with Gasteiger partial charge < -0.3 is 4.74 Å². The Morgan fingerprint density at radius 3 is 2.62 bits per heavy atom. The van der Waals surface area contributed by atoms with Crippen LogP contribution in [0.2, 0.25) is 0 Å². The van der Waals surface area contributed by atoms with Gasteiger partial charge >= 0.3 is 14.0 Å². The summed E-state index contributed by atoms with van der Waals surface area (Å²) in [6.07, 6.45) is 0. The van der Waals surface area contributed by atoms with E-state index in [-0.39, 0.29) is 11.1 Å². The highest BCUT2D eigenvalue weighted by Crippen LogP contribution is 2.21. The van der Waals surface area contributed by atoms with E-state index >= 15 is 0 Å². The van der Waals surface area contributed by atoms with Gasteiger partial charge in [0.15, 0.2) is 5.75 Å². The minimum atomic E-state index is -2.47. The Morgan fingerprint density at radius 2 is 2.08 bits per heavy atom. The average molecular weight is 199 g/mol. The minimum Gasteiger partial charge on any atom is -0.422 e. The van der Waals surface area contributed by atoms with Gasteiger partial charge in [0.25, 0.3) is 5.30 Å². The summed E-state index contributed by atoms with van der Waals surface area (Å²) in [5, 5.41) is 0.132. The Hall–Kier alpha value is -1.25. The van der Waals surface area contributed by atoms with Crippen molar-refractivity contribution in [2.75, 3.05) is 0 Å². The van der Waals surface area contributed by atoms with Crippen molar-refractivity contribution in [1.82, 2.24) is 0 Å². The van der Waals surface area contributed by atoms with Gasteiger partial charge in [0, 0.05) is 6.92 Å². The summed E-state index contributed by atoms with van der Waals surface area (Å²) in [5.41, 5.74) is 0. The van der Waals surface area contributed by atoms with Crippen LogP contribution < -0.4 is 10.0 Å². The molecule has 0 radical (unpaired) electrons. The summed E-state index contributed by atoms with van der Waals surface area (Å²) in [4.78, 5) is 19.4. The van der Waals surface area contributed by atoms with Crippen LogP contribution in [0.5, 0.6) is 5.75 Å². The first-order valence-corrected chi connectivity index (χ1v) is 4.76. The van der Waals surface area contributed by atoms with Crippen molar-refractivity contribution in [2.45, 2.75) is 6.92 Å². The van der Waals surface area contributed by atoms with Crippen molar-refractivity contribution in [3.05, 3.63) is 24.3 Å². The molecule has 0 heterocycles. The summed E-state index contributed by atoms with van der Waals surface area (Å²) in [6, 6.07) is 6.14. The molecule has 0 fully saturated rings. The molecule has 0 aliphatic rings. The molecule has 1 unspecified atom stereocenters. The lowest BCUT2D eigenvalue weighted by Crippen LogP contribution is -2.09. The fraction of sp³-hybridized carbons (Fsp3) is 0.125. The second kappa shape index (κ2) is 4.12. The summed E-state index contributed by atoms with van der Waals surface area (Å²) in [6.45, 7) is 1.24. The van der Waals surface area contributed by atoms with Crippen LogP contribution in [0.3, 0.4) is 0 Å². The first kappa shape index (κ1) is 9.84. The van der Waals surface area contributed by atoms with E-state index in [0.717, 1.165) is 0 Å². The molecule has 1 aromatic rings. The molecule has 0 amide bonds. The molecule has 4 nitrogen and oxygen atoms in total. The van der Waals surface area contributed by atoms with Gasteiger partial charge in [-0.2, -0.15) is 4.89 Å². The third-order valence-electron chi connectivity index (χ3n) is 1.33. The standard InChI is InChI=1S/C8H7O4P/c1-6(9)12-7-4-2-3-5-8(7)13(10)11/h2-5H,1H3/p+1. The second-order valence-corrected chi connectivity index (χ2v) is 3.36. The topological polar surface area (TPSA) is 63.6 Å². The first-order chi connectivity index (χ1) is 6.11. The van der Waals surface area contributed by atoms with E-state index < -0.39 is 14.0 Å². The van der Waals surface area contributed by atoms with Crippen LogP contribution in [0.15, 0.2) is 24.3 Å². The molecule has 0 spiro atoms. The Kier molecular flexibility index (Phi) is 3.12. The van der Waals surface area contributed by atoms with Gasteiger partial charge in [-0.3, -0.25) is 4.79 Å². The van der Waals surface area contributed by atoms with Crippen molar-refractivity contribution in [1.29, 1.82) is 0 Å². The van der Waals surface area contributed by atoms with Crippen molar-refractivity contribution in [3.8, 4) is 5.75 Å². The number of esters is 1. The van der Waals surface area contributed by atoms with Gasteiger partial charge in [-0.05, 0) is 16.7 Å². The van der Waals surface area contributed by atoms with Crippen LogP contribution >= 0.6 is 8.03 Å². The Labute approximate surface area is 76.0 Å². The Morgan fingerprint density at radius 1 is 1.46 bits per heavy atom. The summed E-state index contributed by atoms with van der Waals surface area (Å²) < 4.78 is 15.5. The molecule has 0 saturated heterocycles. The smallest absolute Gasteiger partial charge is 0.422 e. The molecule has 1 atom stereocenters. The van der Waals surface area contributed by atoms with Gasteiger partial charge in [0.05, 0.1) is 0 Å². The second-order valence-electron chi connectivity index (χ2n) is 2.33. The summed E-state index contributed by atoms with van der Waals surface area (Å²) >= 11 is 0. The van der Waals surface area contributed by atoms with E-state index in [1.807, 2.05) is 0 Å². The molecule has 0 aliphatic heterocycles. The number of benzene rings is 1. The summed E-state index contributed by atoms with van der Waals surface area (Å²) in [5.74, 6) is -0.372. The summed E-state index contributed by atoms with van der Waals surface area (Å²) in [7, 11) is -2.47. The Balaban J connectivity index is 3.04. The molecule has 1 rings (SSSR count). The van der Waals surface area contributed by atoms with E-state index in [0.29, 0.717) is 0 Å². The van der Waals surface area contributed by atoms with Crippen molar-refractivity contribution < 1.29 is 19.0 Å². The SMILES string of the molecule is CC(=O)Oc1ccccc1[P+](=O)O. The predicted molar refractivity (Wildman–Crippen MR) is 47.2 cm³/mol. The highest BCUT2D eigenvalue weighted by atomic mass is 31.1. The normalized spacial score (nSPS) is 10.8. The van der Waals surface area contributed by atoms with E-state index in [4.69, 9.17) is 9.63 Å². The van der Waals surface area contributed by atoms with Crippen LogP contribution in [-0.4, -0.2) is 10.9 Å². The number of carbonyl (C=O) groups excluding carboxylic acids is 1. The number of hydrogen-bond donors (Lipinski definition) is 1. The van der Waals surface area contributed by atoms with E-state index in [9.17, 15) is 9.36 Å². The molecule has 0 aromatic heterocycles. The van der Waals surface area contributed by atoms with Crippen LogP contribution in [0.25, 0.3) is 0 Å². The maximum absolute atomic E-state index is 10.8. The third kappa shape index (κ3) is 2.61. The van der Waals surface area contributed by atoms with E-state index in [1.165, 1.54) is 19.1 Å². The molecular formula is C8H8O4P+. The molecule has 0 aliphatic carbocycles. The molecule has 1 N–H and O–H groups in total. The van der Waals surface area contributed by atoms with Gasteiger partial charge in [-0.25, -0.2) is 0 Å². The molecule has 5 heteroatoms. The number of para-hydroxylation sites is 1. The maximum atomic E-state index is 10.8. The molecule has 0 saturated carbocycles. The molecule has 13 heavy (non-hydrogen) atoms. The number of ether oxygens (including phenoxy) is 1. The van der Waals surface area contributed by atoms with Crippen molar-refractivity contribution in [2.24, 2.45) is 0 Å². The van der Waals surface area contributed by atoms with Crippen LogP contribution in [0.1, 0.15) is 6.92 Å². The van der Waals surface area contributed by atoms with Crippen LogP contribution in [0.4, 0.5) is 0 Å².